The van der Waals surface area contributed by atoms with Gasteiger partial charge in [-0.25, -0.2) is 8.78 Å². The summed E-state index contributed by atoms with van der Waals surface area (Å²) in [4.78, 5) is 12.6. The molecule has 1 heterocycles. The van der Waals surface area contributed by atoms with Crippen LogP contribution in [0.5, 0.6) is 5.88 Å². The van der Waals surface area contributed by atoms with E-state index in [1.807, 2.05) is 4.98 Å². The molecule has 0 amide bonds. The first-order valence-corrected chi connectivity index (χ1v) is 3.66. The molecule has 0 unspecified atom stereocenters. The van der Waals surface area contributed by atoms with E-state index < -0.39 is 23.4 Å². The molecule has 0 aliphatic carbocycles. The molecule has 0 atom stereocenters. The lowest BCUT2D eigenvalue weighted by molar-refractivity contribution is 0.145. The summed E-state index contributed by atoms with van der Waals surface area (Å²) in [6, 6.07) is 2.52. The molecule has 14 heavy (non-hydrogen) atoms. The normalized spacial score (nSPS) is 10.1. The Hall–Kier alpha value is -1.90. The number of aromatic nitrogens is 1. The molecule has 0 aliphatic rings. The number of rotatable bonds is 2. The van der Waals surface area contributed by atoms with Crippen molar-refractivity contribution >= 4 is 0 Å². The molecular formula is C8H6F2N2O2. The number of pyridine rings is 1. The van der Waals surface area contributed by atoms with Crippen molar-refractivity contribution in [1.29, 1.82) is 5.26 Å². The van der Waals surface area contributed by atoms with Crippen molar-refractivity contribution in [3.05, 3.63) is 27.5 Å². The van der Waals surface area contributed by atoms with Crippen molar-refractivity contribution in [2.75, 3.05) is 0 Å². The van der Waals surface area contributed by atoms with E-state index in [1.165, 1.54) is 0 Å². The molecule has 1 rings (SSSR count). The SMILES string of the molecule is N#CCc1cc(=O)[nH]c(O)c1C(F)F. The molecule has 2 N–H and O–H groups in total. The van der Waals surface area contributed by atoms with Gasteiger partial charge in [0.1, 0.15) is 0 Å². The molecule has 0 radical (unpaired) electrons. The largest absolute Gasteiger partial charge is 0.494 e. The van der Waals surface area contributed by atoms with Crippen LogP contribution in [0.15, 0.2) is 10.9 Å². The maximum absolute atomic E-state index is 12.4. The summed E-state index contributed by atoms with van der Waals surface area (Å²) in [6.07, 6.45) is -3.26. The molecule has 4 nitrogen and oxygen atoms in total. The van der Waals surface area contributed by atoms with Gasteiger partial charge in [0.2, 0.25) is 5.88 Å². The number of H-pyrrole nitrogens is 1. The monoisotopic (exact) mass is 200 g/mol. The van der Waals surface area contributed by atoms with Gasteiger partial charge in [-0.15, -0.1) is 0 Å². The summed E-state index contributed by atoms with van der Waals surface area (Å²) in [6.45, 7) is 0. The molecule has 0 aliphatic heterocycles. The fourth-order valence-corrected chi connectivity index (χ4v) is 1.08. The highest BCUT2D eigenvalue weighted by Gasteiger charge is 2.18. The number of halogens is 2. The third-order valence-corrected chi connectivity index (χ3v) is 1.64. The van der Waals surface area contributed by atoms with E-state index in [1.54, 1.807) is 6.07 Å². The first-order valence-electron chi connectivity index (χ1n) is 3.66. The lowest BCUT2D eigenvalue weighted by atomic mass is 10.1. The third kappa shape index (κ3) is 1.88. The second kappa shape index (κ2) is 3.87. The number of hydrogen-bond acceptors (Lipinski definition) is 3. The van der Waals surface area contributed by atoms with Gasteiger partial charge in [-0.2, -0.15) is 5.26 Å². The average Bonchev–Trinajstić information content (AvgIpc) is 2.01. The van der Waals surface area contributed by atoms with Crippen molar-refractivity contribution in [3.8, 4) is 11.9 Å². The van der Waals surface area contributed by atoms with Crippen LogP contribution < -0.4 is 5.56 Å². The van der Waals surface area contributed by atoms with Crippen LogP contribution in [0.4, 0.5) is 8.78 Å². The Labute approximate surface area is 77.4 Å². The predicted octanol–water partition coefficient (Wildman–Crippen LogP) is 1.08. The summed E-state index contributed by atoms with van der Waals surface area (Å²) in [7, 11) is 0. The lowest BCUT2D eigenvalue weighted by Crippen LogP contribution is -2.09. The molecular weight excluding hydrogens is 194 g/mol. The number of aromatic amines is 1. The Morgan fingerprint density at radius 2 is 2.29 bits per heavy atom. The van der Waals surface area contributed by atoms with Crippen LogP contribution in [0.2, 0.25) is 0 Å². The zero-order chi connectivity index (χ0) is 10.7. The highest BCUT2D eigenvalue weighted by molar-refractivity contribution is 5.36. The highest BCUT2D eigenvalue weighted by Crippen LogP contribution is 2.28. The van der Waals surface area contributed by atoms with E-state index >= 15 is 0 Å². The van der Waals surface area contributed by atoms with Gasteiger partial charge < -0.3 is 5.11 Å². The Bertz CT molecular complexity index is 434. The van der Waals surface area contributed by atoms with Crippen LogP contribution in [-0.2, 0) is 6.42 Å². The van der Waals surface area contributed by atoms with E-state index in [-0.39, 0.29) is 12.0 Å². The maximum Gasteiger partial charge on any atom is 0.269 e. The lowest BCUT2D eigenvalue weighted by Gasteiger charge is -2.06. The second-order valence-corrected chi connectivity index (χ2v) is 2.56. The van der Waals surface area contributed by atoms with Gasteiger partial charge in [-0.3, -0.25) is 9.78 Å². The van der Waals surface area contributed by atoms with Crippen LogP contribution in [0.25, 0.3) is 0 Å². The Kier molecular flexibility index (Phi) is 2.82. The predicted molar refractivity (Wildman–Crippen MR) is 43.0 cm³/mol. The average molecular weight is 200 g/mol. The van der Waals surface area contributed by atoms with Gasteiger partial charge in [0.25, 0.3) is 12.0 Å². The number of hydrogen-bond donors (Lipinski definition) is 2. The molecule has 0 bridgehead atoms. The Morgan fingerprint density at radius 1 is 1.64 bits per heavy atom. The summed E-state index contributed by atoms with van der Waals surface area (Å²) in [5, 5.41) is 17.3. The molecule has 74 valence electrons. The summed E-state index contributed by atoms with van der Waals surface area (Å²) in [5.41, 5.74) is -1.55. The minimum absolute atomic E-state index is 0.149. The van der Waals surface area contributed by atoms with Crippen molar-refractivity contribution in [2.24, 2.45) is 0 Å². The van der Waals surface area contributed by atoms with Crippen LogP contribution in [-0.4, -0.2) is 10.1 Å². The van der Waals surface area contributed by atoms with Crippen LogP contribution in [0.3, 0.4) is 0 Å². The van der Waals surface area contributed by atoms with Crippen molar-refractivity contribution < 1.29 is 13.9 Å². The zero-order valence-electron chi connectivity index (χ0n) is 6.92. The van der Waals surface area contributed by atoms with E-state index in [0.29, 0.717) is 0 Å². The fraction of sp³-hybridized carbons (Fsp3) is 0.250. The smallest absolute Gasteiger partial charge is 0.269 e. The van der Waals surface area contributed by atoms with Gasteiger partial charge in [-0.05, 0) is 5.56 Å². The standard InChI is InChI=1S/C8H6F2N2O2/c9-7(10)6-4(1-2-11)3-5(13)12-8(6)14/h3,7H,1H2,(H2,12,13,14). The molecule has 6 heteroatoms. The molecule has 0 saturated heterocycles. The van der Waals surface area contributed by atoms with Crippen LogP contribution in [0.1, 0.15) is 17.6 Å². The highest BCUT2D eigenvalue weighted by atomic mass is 19.3. The molecule has 0 saturated carbocycles. The number of alkyl halides is 2. The minimum Gasteiger partial charge on any atom is -0.494 e. The Morgan fingerprint density at radius 3 is 2.79 bits per heavy atom. The first kappa shape index (κ1) is 10.2. The number of nitrogens with zero attached hydrogens (tertiary/aromatic N) is 1. The number of nitrogens with one attached hydrogen (secondary N) is 1. The third-order valence-electron chi connectivity index (χ3n) is 1.64. The van der Waals surface area contributed by atoms with Crippen molar-refractivity contribution in [1.82, 2.24) is 4.98 Å². The molecule has 0 spiro atoms. The minimum atomic E-state index is -2.92. The maximum atomic E-state index is 12.4. The summed E-state index contributed by atoms with van der Waals surface area (Å²) in [5.74, 6) is -0.877. The summed E-state index contributed by atoms with van der Waals surface area (Å²) >= 11 is 0. The fourth-order valence-electron chi connectivity index (χ4n) is 1.08. The topological polar surface area (TPSA) is 76.9 Å². The van der Waals surface area contributed by atoms with Crippen LogP contribution >= 0.6 is 0 Å². The van der Waals surface area contributed by atoms with Gasteiger partial charge >= 0.3 is 0 Å². The molecule has 0 fully saturated rings. The summed E-state index contributed by atoms with van der Waals surface area (Å²) < 4.78 is 24.7. The van der Waals surface area contributed by atoms with Crippen molar-refractivity contribution in [2.45, 2.75) is 12.8 Å². The van der Waals surface area contributed by atoms with Gasteiger partial charge in [-0.1, -0.05) is 0 Å². The number of aromatic hydroxyl groups is 1. The van der Waals surface area contributed by atoms with E-state index in [9.17, 15) is 13.6 Å². The van der Waals surface area contributed by atoms with E-state index in [0.717, 1.165) is 6.07 Å². The van der Waals surface area contributed by atoms with E-state index in [4.69, 9.17) is 10.4 Å². The molecule has 1 aromatic heterocycles. The van der Waals surface area contributed by atoms with Gasteiger partial charge in [0.05, 0.1) is 18.1 Å². The van der Waals surface area contributed by atoms with Crippen LogP contribution in [0, 0.1) is 11.3 Å². The number of nitriles is 1. The zero-order valence-corrected chi connectivity index (χ0v) is 6.92. The quantitative estimate of drug-likeness (QED) is 0.749. The molecule has 1 aromatic rings. The Balaban J connectivity index is 3.38. The van der Waals surface area contributed by atoms with Gasteiger partial charge in [0, 0.05) is 6.07 Å². The van der Waals surface area contributed by atoms with Crippen molar-refractivity contribution in [3.63, 3.8) is 0 Å². The first-order chi connectivity index (χ1) is 6.56. The molecule has 0 aromatic carbocycles. The van der Waals surface area contributed by atoms with E-state index in [2.05, 4.69) is 0 Å². The van der Waals surface area contributed by atoms with Gasteiger partial charge in [0.15, 0.2) is 0 Å². The second-order valence-electron chi connectivity index (χ2n) is 2.56.